The van der Waals surface area contributed by atoms with Crippen molar-refractivity contribution in [3.05, 3.63) is 0 Å². The minimum absolute atomic E-state index is 0.303. The van der Waals surface area contributed by atoms with Crippen LogP contribution in [0.3, 0.4) is 0 Å². The van der Waals surface area contributed by atoms with Gasteiger partial charge in [0.2, 0.25) is 0 Å². The highest BCUT2D eigenvalue weighted by Gasteiger charge is 2.93. The van der Waals surface area contributed by atoms with Crippen LogP contribution in [0.15, 0.2) is 0 Å². The van der Waals surface area contributed by atoms with E-state index in [9.17, 15) is 0 Å². The Balaban J connectivity index is 1.47. The van der Waals surface area contributed by atoms with Gasteiger partial charge in [0.15, 0.2) is 0 Å². The first kappa shape index (κ1) is 9.50. The molecule has 8 atom stereocenters. The Morgan fingerprint density at radius 1 is 0.722 bits per heavy atom. The summed E-state index contributed by atoms with van der Waals surface area (Å²) in [4.78, 5) is 0. The minimum atomic E-state index is -0.303. The summed E-state index contributed by atoms with van der Waals surface area (Å²) in [6.45, 7) is 0. The second-order valence-corrected chi connectivity index (χ2v) is 10.3. The molecule has 0 heterocycles. The first-order valence-electron chi connectivity index (χ1n) is 8.01. The van der Waals surface area contributed by atoms with Crippen molar-refractivity contribution in [2.75, 3.05) is 0 Å². The highest BCUT2D eigenvalue weighted by molar-refractivity contribution is 6.51. The number of alkyl halides is 2. The van der Waals surface area contributed by atoms with Gasteiger partial charge in [0.1, 0.15) is 4.33 Å². The molecule has 0 aromatic carbocycles. The molecule has 0 nitrogen and oxygen atoms in total. The van der Waals surface area contributed by atoms with Gasteiger partial charge in [-0.1, -0.05) is 0 Å². The average molecular weight is 281 g/mol. The largest absolute Gasteiger partial charge is 0.125 e. The van der Waals surface area contributed by atoms with E-state index in [2.05, 4.69) is 0 Å². The Labute approximate surface area is 118 Å². The van der Waals surface area contributed by atoms with Crippen LogP contribution >= 0.6 is 23.2 Å². The first-order chi connectivity index (χ1) is 8.63. The van der Waals surface area contributed by atoms with Crippen molar-refractivity contribution >= 4 is 23.2 Å². The summed E-state index contributed by atoms with van der Waals surface area (Å²) in [7, 11) is 0. The molecule has 18 heavy (non-hydrogen) atoms. The van der Waals surface area contributed by atoms with Gasteiger partial charge in [-0.05, 0) is 78.4 Å². The molecule has 7 aliphatic rings. The van der Waals surface area contributed by atoms with Gasteiger partial charge in [0, 0.05) is 11.8 Å². The Hall–Kier alpha value is 0.580. The van der Waals surface area contributed by atoms with E-state index >= 15 is 0 Å². The molecule has 7 fully saturated rings. The number of hydrogen-bond acceptors (Lipinski definition) is 0. The van der Waals surface area contributed by atoms with E-state index in [1.165, 1.54) is 12.8 Å². The summed E-state index contributed by atoms with van der Waals surface area (Å²) in [6, 6.07) is 0. The van der Waals surface area contributed by atoms with Gasteiger partial charge in [-0.3, -0.25) is 0 Å². The Morgan fingerprint density at radius 2 is 1.39 bits per heavy atom. The molecule has 0 aromatic heterocycles. The monoisotopic (exact) mass is 280 g/mol. The van der Waals surface area contributed by atoms with Gasteiger partial charge in [0.05, 0.1) is 0 Å². The molecule has 2 spiro atoms. The topological polar surface area (TPSA) is 0 Å². The van der Waals surface area contributed by atoms with E-state index in [1.807, 2.05) is 0 Å². The predicted molar refractivity (Wildman–Crippen MR) is 70.3 cm³/mol. The fourth-order valence-corrected chi connectivity index (χ4v) is 9.58. The zero-order valence-electron chi connectivity index (χ0n) is 10.4. The second-order valence-electron chi connectivity index (χ2n) is 8.86. The predicted octanol–water partition coefficient (Wildman–Crippen LogP) is 4.11. The summed E-state index contributed by atoms with van der Waals surface area (Å²) < 4.78 is -0.303. The summed E-state index contributed by atoms with van der Waals surface area (Å²) in [5, 5.41) is 0. The van der Waals surface area contributed by atoms with Gasteiger partial charge in [-0.2, -0.15) is 0 Å². The maximum atomic E-state index is 6.68. The summed E-state index contributed by atoms with van der Waals surface area (Å²) in [5.41, 5.74) is 1.50. The van der Waals surface area contributed by atoms with Crippen LogP contribution in [-0.4, -0.2) is 4.33 Å². The summed E-state index contributed by atoms with van der Waals surface area (Å²) >= 11 is 13.4. The molecule has 2 heteroatoms. The van der Waals surface area contributed by atoms with Gasteiger partial charge in [-0.15, -0.1) is 23.2 Å². The molecular weight excluding hydrogens is 263 g/mol. The van der Waals surface area contributed by atoms with Crippen LogP contribution in [-0.2, 0) is 0 Å². The Morgan fingerprint density at radius 3 is 2.06 bits per heavy atom. The van der Waals surface area contributed by atoms with Crippen LogP contribution in [0.2, 0.25) is 0 Å². The van der Waals surface area contributed by atoms with Crippen LogP contribution in [0, 0.1) is 58.2 Å². The van der Waals surface area contributed by atoms with Crippen molar-refractivity contribution in [2.45, 2.75) is 36.4 Å². The third-order valence-electron chi connectivity index (χ3n) is 8.82. The third kappa shape index (κ3) is 0.652. The lowest BCUT2D eigenvalue weighted by Gasteiger charge is -2.34. The third-order valence-corrected chi connectivity index (χ3v) is 9.79. The molecule has 7 saturated carbocycles. The van der Waals surface area contributed by atoms with Crippen LogP contribution in [0.25, 0.3) is 0 Å². The molecule has 96 valence electrons. The number of hydrogen-bond donors (Lipinski definition) is 0. The van der Waals surface area contributed by atoms with Crippen LogP contribution in [0.4, 0.5) is 0 Å². The molecule has 0 aromatic rings. The van der Waals surface area contributed by atoms with Gasteiger partial charge in [0.25, 0.3) is 0 Å². The lowest BCUT2D eigenvalue weighted by Crippen LogP contribution is -2.32. The van der Waals surface area contributed by atoms with Crippen molar-refractivity contribution in [3.8, 4) is 0 Å². The van der Waals surface area contributed by atoms with Crippen LogP contribution in [0.1, 0.15) is 32.1 Å². The molecule has 0 N–H and O–H groups in total. The molecule has 7 aliphatic carbocycles. The van der Waals surface area contributed by atoms with Gasteiger partial charge in [-0.25, -0.2) is 0 Å². The van der Waals surface area contributed by atoms with Crippen LogP contribution < -0.4 is 0 Å². The number of halogens is 2. The van der Waals surface area contributed by atoms with E-state index < -0.39 is 0 Å². The summed E-state index contributed by atoms with van der Waals surface area (Å²) in [5.74, 6) is 7.95. The van der Waals surface area contributed by atoms with E-state index in [1.54, 1.807) is 19.3 Å². The van der Waals surface area contributed by atoms with Crippen molar-refractivity contribution < 1.29 is 0 Å². The van der Waals surface area contributed by atoms with E-state index in [0.29, 0.717) is 17.3 Å². The van der Waals surface area contributed by atoms with Gasteiger partial charge >= 0.3 is 0 Å². The van der Waals surface area contributed by atoms with Crippen molar-refractivity contribution in [1.82, 2.24) is 0 Å². The normalized spacial score (nSPS) is 71.0. The molecule has 0 aliphatic heterocycles. The van der Waals surface area contributed by atoms with Crippen molar-refractivity contribution in [1.29, 1.82) is 0 Å². The fraction of sp³-hybridized carbons (Fsp3) is 1.00. The number of rotatable bonds is 0. The van der Waals surface area contributed by atoms with Crippen molar-refractivity contribution in [2.24, 2.45) is 58.2 Å². The number of fused-ring (bicyclic) bond motifs is 10. The minimum Gasteiger partial charge on any atom is -0.101 e. The first-order valence-corrected chi connectivity index (χ1v) is 8.76. The maximum absolute atomic E-state index is 6.68. The molecule has 0 radical (unpaired) electrons. The standard InChI is InChI=1S/C16H18Cl2/c17-16(18)12-8-9-6-5-7(6)10(14(9)1-2-14)11(8)15(3-4-15)13(12)16/h6-13H,1-5H2/t6-,7+,8-,9-,10+,11+,12-,13-/m1/s1. The van der Waals surface area contributed by atoms with Crippen molar-refractivity contribution in [3.63, 3.8) is 0 Å². The zero-order valence-corrected chi connectivity index (χ0v) is 11.9. The molecule has 0 saturated heterocycles. The lowest BCUT2D eigenvalue weighted by atomic mass is 9.72. The van der Waals surface area contributed by atoms with E-state index in [4.69, 9.17) is 23.2 Å². The van der Waals surface area contributed by atoms with Crippen LogP contribution in [0.5, 0.6) is 0 Å². The maximum Gasteiger partial charge on any atom is 0.125 e. The van der Waals surface area contributed by atoms with Gasteiger partial charge < -0.3 is 0 Å². The zero-order chi connectivity index (χ0) is 11.7. The SMILES string of the molecule is ClC1(Cl)[C@@H]2[C@@H]3[C@H]4[C@@H]5C[C@@H]5[C@@H]([C@H]3C3(CC3)[C@@H]21)C41CC1. The molecule has 0 unspecified atom stereocenters. The van der Waals surface area contributed by atoms with E-state index in [-0.39, 0.29) is 4.33 Å². The highest BCUT2D eigenvalue weighted by atomic mass is 35.5. The smallest absolute Gasteiger partial charge is 0.101 e. The highest BCUT2D eigenvalue weighted by Crippen LogP contribution is 2.97. The Bertz CT molecular complexity index is 515. The summed E-state index contributed by atoms with van der Waals surface area (Å²) in [6.07, 6.45) is 7.64. The molecule has 0 amide bonds. The average Bonchev–Trinajstić information content (AvgIpc) is 3.12. The van der Waals surface area contributed by atoms with E-state index in [0.717, 1.165) is 40.9 Å². The molecule has 2 bridgehead atoms. The molecular formula is C16H18Cl2. The molecule has 7 rings (SSSR count). The lowest BCUT2D eigenvalue weighted by molar-refractivity contribution is 0.146. The fourth-order valence-electron chi connectivity index (χ4n) is 8.46. The Kier molecular flexibility index (Phi) is 1.13. The quantitative estimate of drug-likeness (QED) is 0.586. The second kappa shape index (κ2) is 2.13.